The molecule has 2 aliphatic carbocycles. The summed E-state index contributed by atoms with van der Waals surface area (Å²) in [6, 6.07) is 23.6. The summed E-state index contributed by atoms with van der Waals surface area (Å²) in [5.74, 6) is -2.03. The van der Waals surface area contributed by atoms with Gasteiger partial charge in [-0.05, 0) is 64.2 Å². The second-order valence-electron chi connectivity index (χ2n) is 11.1. The molecule has 232 valence electrons. The molecular formula is C36H16F6N6. The number of hydrogen-bond donors (Lipinski definition) is 0. The van der Waals surface area contributed by atoms with Crippen LogP contribution in [0.1, 0.15) is 39.6 Å². The first-order chi connectivity index (χ1) is 22.9. The number of alkyl halides is 6. The topological polar surface area (TPSA) is 110 Å². The lowest BCUT2D eigenvalue weighted by molar-refractivity contribution is -0.138. The van der Waals surface area contributed by atoms with Gasteiger partial charge in [-0.25, -0.2) is 9.97 Å². The molecule has 5 aromatic rings. The highest BCUT2D eigenvalue weighted by Gasteiger charge is 2.41. The van der Waals surface area contributed by atoms with Crippen molar-refractivity contribution in [2.45, 2.75) is 18.3 Å². The number of nitrogens with zero attached hydrogens (tertiary/aromatic N) is 6. The molecule has 0 aliphatic heterocycles. The fourth-order valence-corrected chi connectivity index (χ4v) is 6.21. The van der Waals surface area contributed by atoms with Gasteiger partial charge in [0.05, 0.1) is 46.3 Å². The molecule has 0 spiro atoms. The second-order valence-corrected chi connectivity index (χ2v) is 11.1. The molecular weight excluding hydrogens is 630 g/mol. The lowest BCUT2D eigenvalue weighted by atomic mass is 9.86. The van der Waals surface area contributed by atoms with Gasteiger partial charge in [-0.3, -0.25) is 0 Å². The van der Waals surface area contributed by atoms with E-state index in [1.54, 1.807) is 42.6 Å². The molecule has 1 aromatic heterocycles. The number of hydrogen-bond acceptors (Lipinski definition) is 6. The van der Waals surface area contributed by atoms with Gasteiger partial charge in [0.15, 0.2) is 0 Å². The standard InChI is InChI=1S/C36H16F6N6/c37-35(38,39)23-7-1-18(2-8-23)20-5-11-25-27(13-20)29(22(15-43)16-44)33-31(25)48-34-30(46-17-45)28-14-21(6-12-26(28)32(34)47-33)19-3-9-24(10-4-19)36(40,41)42/h1-14,22,29H. The van der Waals surface area contributed by atoms with Gasteiger partial charge in [0, 0.05) is 16.7 Å². The Labute approximate surface area is 268 Å². The van der Waals surface area contributed by atoms with E-state index in [2.05, 4.69) is 4.99 Å². The number of aromatic nitrogens is 2. The summed E-state index contributed by atoms with van der Waals surface area (Å²) in [6.07, 6.45) is -7.20. The molecule has 2 aliphatic rings. The third kappa shape index (κ3) is 4.85. The summed E-state index contributed by atoms with van der Waals surface area (Å²) in [5.41, 5.74) is 4.25. The Morgan fingerprint density at radius 2 is 1.10 bits per heavy atom. The third-order valence-electron chi connectivity index (χ3n) is 8.48. The first-order valence-electron chi connectivity index (χ1n) is 14.3. The minimum absolute atomic E-state index is 0.204. The van der Waals surface area contributed by atoms with E-state index in [-0.39, 0.29) is 11.4 Å². The van der Waals surface area contributed by atoms with Crippen LogP contribution < -0.4 is 0 Å². The van der Waals surface area contributed by atoms with Crippen LogP contribution in [0.2, 0.25) is 0 Å². The van der Waals surface area contributed by atoms with Crippen molar-refractivity contribution in [3.63, 3.8) is 0 Å². The highest BCUT2D eigenvalue weighted by Crippen LogP contribution is 2.50. The summed E-state index contributed by atoms with van der Waals surface area (Å²) < 4.78 is 78.8. The van der Waals surface area contributed by atoms with Gasteiger partial charge in [-0.15, -0.1) is 0 Å². The van der Waals surface area contributed by atoms with E-state index in [1.807, 2.05) is 12.1 Å². The average molecular weight is 647 g/mol. The van der Waals surface area contributed by atoms with Crippen LogP contribution >= 0.6 is 0 Å². The fourth-order valence-electron chi connectivity index (χ4n) is 6.21. The number of nitriles is 3. The van der Waals surface area contributed by atoms with E-state index in [0.29, 0.717) is 61.6 Å². The van der Waals surface area contributed by atoms with Crippen molar-refractivity contribution in [2.24, 2.45) is 10.9 Å². The predicted molar refractivity (Wildman–Crippen MR) is 162 cm³/mol. The fraction of sp³-hybridized carbons (Fsp3) is 0.111. The van der Waals surface area contributed by atoms with E-state index in [1.165, 1.54) is 24.3 Å². The Kier molecular flexibility index (Phi) is 6.89. The minimum Gasteiger partial charge on any atom is -0.247 e. The van der Waals surface area contributed by atoms with Crippen LogP contribution in [0.15, 0.2) is 89.9 Å². The number of halogens is 6. The summed E-state index contributed by atoms with van der Waals surface area (Å²) in [7, 11) is 0. The number of aliphatic imine (C=N–C) groups is 1. The maximum absolute atomic E-state index is 13.2. The minimum atomic E-state index is -4.50. The predicted octanol–water partition coefficient (Wildman–Crippen LogP) is 8.92. The number of fused-ring (bicyclic) bond motifs is 6. The Balaban J connectivity index is 1.34. The van der Waals surface area contributed by atoms with Crippen LogP contribution in [-0.4, -0.2) is 15.7 Å². The molecule has 1 atom stereocenters. The highest BCUT2D eigenvalue weighted by molar-refractivity contribution is 6.23. The van der Waals surface area contributed by atoms with E-state index < -0.39 is 35.3 Å². The van der Waals surface area contributed by atoms with Crippen LogP contribution in [0.3, 0.4) is 0 Å². The van der Waals surface area contributed by atoms with Gasteiger partial charge in [-0.2, -0.15) is 47.1 Å². The molecule has 12 heteroatoms. The Bertz CT molecular complexity index is 2290. The van der Waals surface area contributed by atoms with Crippen molar-refractivity contribution >= 4 is 5.71 Å². The molecule has 48 heavy (non-hydrogen) atoms. The maximum Gasteiger partial charge on any atom is 0.416 e. The SMILES string of the molecule is N#CN=C1c2cc(-c3ccc(C(F)(F)F)cc3)ccc2-c2nc3c(nc21)-c1ccc(-c2ccc(C(F)(F)F)cc2)cc1C3C(C#N)C#N. The second kappa shape index (κ2) is 10.9. The third-order valence-corrected chi connectivity index (χ3v) is 8.48. The molecule has 7 rings (SSSR count). The van der Waals surface area contributed by atoms with E-state index in [9.17, 15) is 42.1 Å². The molecule has 1 heterocycles. The molecule has 0 saturated carbocycles. The van der Waals surface area contributed by atoms with Crippen molar-refractivity contribution in [2.75, 3.05) is 0 Å². The zero-order valence-corrected chi connectivity index (χ0v) is 24.2. The largest absolute Gasteiger partial charge is 0.416 e. The van der Waals surface area contributed by atoms with E-state index in [4.69, 9.17) is 9.97 Å². The van der Waals surface area contributed by atoms with Gasteiger partial charge in [0.1, 0.15) is 17.3 Å². The Morgan fingerprint density at radius 3 is 1.62 bits per heavy atom. The van der Waals surface area contributed by atoms with Crippen LogP contribution in [0.25, 0.3) is 44.8 Å². The van der Waals surface area contributed by atoms with Crippen molar-refractivity contribution < 1.29 is 26.3 Å². The van der Waals surface area contributed by atoms with Crippen LogP contribution in [0, 0.1) is 40.0 Å². The van der Waals surface area contributed by atoms with Crippen LogP contribution in [0.4, 0.5) is 26.3 Å². The molecule has 0 fully saturated rings. The lowest BCUT2D eigenvalue weighted by Gasteiger charge is -2.15. The normalized spacial score (nSPS) is 15.2. The molecule has 0 amide bonds. The molecule has 0 radical (unpaired) electrons. The van der Waals surface area contributed by atoms with Gasteiger partial charge in [0.2, 0.25) is 6.19 Å². The number of benzene rings is 4. The van der Waals surface area contributed by atoms with Gasteiger partial charge >= 0.3 is 12.4 Å². The first-order valence-corrected chi connectivity index (χ1v) is 14.3. The van der Waals surface area contributed by atoms with Crippen LogP contribution in [0.5, 0.6) is 0 Å². The van der Waals surface area contributed by atoms with Crippen molar-refractivity contribution in [3.8, 4) is 63.1 Å². The molecule has 1 unspecified atom stereocenters. The monoisotopic (exact) mass is 646 g/mol. The van der Waals surface area contributed by atoms with Crippen molar-refractivity contribution in [1.29, 1.82) is 15.8 Å². The summed E-state index contributed by atoms with van der Waals surface area (Å²) >= 11 is 0. The van der Waals surface area contributed by atoms with Crippen LogP contribution in [-0.2, 0) is 12.4 Å². The highest BCUT2D eigenvalue weighted by atomic mass is 19.4. The van der Waals surface area contributed by atoms with Crippen molar-refractivity contribution in [1.82, 2.24) is 9.97 Å². The zero-order chi connectivity index (χ0) is 34.0. The molecule has 0 bridgehead atoms. The molecule has 0 N–H and O–H groups in total. The molecule has 4 aromatic carbocycles. The van der Waals surface area contributed by atoms with Gasteiger partial charge < -0.3 is 0 Å². The summed E-state index contributed by atoms with van der Waals surface area (Å²) in [4.78, 5) is 13.8. The Hall–Kier alpha value is -6.32. The van der Waals surface area contributed by atoms with Gasteiger partial charge in [-0.1, -0.05) is 48.5 Å². The number of rotatable bonds is 3. The van der Waals surface area contributed by atoms with E-state index >= 15 is 0 Å². The Morgan fingerprint density at radius 1 is 0.583 bits per heavy atom. The lowest BCUT2D eigenvalue weighted by Crippen LogP contribution is -2.11. The quantitative estimate of drug-likeness (QED) is 0.141. The average Bonchev–Trinajstić information content (AvgIpc) is 3.55. The molecule has 6 nitrogen and oxygen atoms in total. The smallest absolute Gasteiger partial charge is 0.247 e. The first kappa shape index (κ1) is 30.3. The molecule has 0 saturated heterocycles. The van der Waals surface area contributed by atoms with Gasteiger partial charge in [0.25, 0.3) is 0 Å². The summed E-state index contributed by atoms with van der Waals surface area (Å²) in [6.45, 7) is 0. The summed E-state index contributed by atoms with van der Waals surface area (Å²) in [5, 5.41) is 29.5. The maximum atomic E-state index is 13.2. The van der Waals surface area contributed by atoms with Crippen molar-refractivity contribution in [3.05, 3.63) is 119 Å². The zero-order valence-electron chi connectivity index (χ0n) is 24.2. The van der Waals surface area contributed by atoms with E-state index in [0.717, 1.165) is 24.3 Å².